The van der Waals surface area contributed by atoms with Crippen molar-refractivity contribution in [1.29, 1.82) is 0 Å². The van der Waals surface area contributed by atoms with E-state index in [1.54, 1.807) is 6.26 Å². The Bertz CT molecular complexity index is 613. The number of hydrogen-bond acceptors (Lipinski definition) is 4. The first-order chi connectivity index (χ1) is 11.2. The third-order valence-electron chi connectivity index (χ3n) is 3.28. The highest BCUT2D eigenvalue weighted by atomic mass is 127. The number of anilines is 1. The molecule has 0 fully saturated rings. The van der Waals surface area contributed by atoms with Crippen LogP contribution in [-0.2, 0) is 13.0 Å². The van der Waals surface area contributed by atoms with Gasteiger partial charge in [0, 0.05) is 39.8 Å². The molecule has 0 amide bonds. The Kier molecular flexibility index (Phi) is 9.21. The fraction of sp³-hybridized carbons (Fsp3) is 0.412. The van der Waals surface area contributed by atoms with E-state index in [0.29, 0.717) is 6.54 Å². The third kappa shape index (κ3) is 6.77. The zero-order valence-electron chi connectivity index (χ0n) is 14.5. The number of aliphatic imine (C=N–C) groups is 1. The van der Waals surface area contributed by atoms with E-state index < -0.39 is 0 Å². The molecule has 0 unspecified atom stereocenters. The van der Waals surface area contributed by atoms with Gasteiger partial charge in [-0.25, -0.2) is 9.98 Å². The van der Waals surface area contributed by atoms with Gasteiger partial charge >= 0.3 is 0 Å². The van der Waals surface area contributed by atoms with Gasteiger partial charge in [-0.2, -0.15) is 0 Å². The van der Waals surface area contributed by atoms with E-state index in [-0.39, 0.29) is 24.0 Å². The van der Waals surface area contributed by atoms with Crippen LogP contribution in [0.5, 0.6) is 0 Å². The van der Waals surface area contributed by atoms with E-state index in [1.807, 2.05) is 43.4 Å². The van der Waals surface area contributed by atoms with Crippen LogP contribution >= 0.6 is 24.0 Å². The van der Waals surface area contributed by atoms with Gasteiger partial charge in [0.05, 0.1) is 12.8 Å². The lowest BCUT2D eigenvalue weighted by Gasteiger charge is -2.13. The van der Waals surface area contributed by atoms with Crippen molar-refractivity contribution in [2.24, 2.45) is 4.99 Å². The maximum Gasteiger partial charge on any atom is 0.191 e. The number of rotatable bonds is 7. The Morgan fingerprint density at radius 3 is 2.79 bits per heavy atom. The minimum atomic E-state index is 0. The second-order valence-electron chi connectivity index (χ2n) is 5.37. The lowest BCUT2D eigenvalue weighted by atomic mass is 10.2. The van der Waals surface area contributed by atoms with Crippen molar-refractivity contribution >= 4 is 35.8 Å². The predicted octanol–water partition coefficient (Wildman–Crippen LogP) is 2.66. The van der Waals surface area contributed by atoms with Gasteiger partial charge in [0.15, 0.2) is 5.96 Å². The standard InChI is InChI=1S/C17H25N5O.HI/c1-4-18-17(20-10-8-15-6-5-11-23-15)21-13-14-7-9-19-16(12-14)22(2)3;/h5-7,9,11-12H,4,8,10,13H2,1-3H3,(H2,18,20,21);1H. The smallest absolute Gasteiger partial charge is 0.191 e. The van der Waals surface area contributed by atoms with Crippen LogP contribution < -0.4 is 15.5 Å². The molecule has 2 rings (SSSR count). The van der Waals surface area contributed by atoms with Crippen molar-refractivity contribution in [2.75, 3.05) is 32.1 Å². The van der Waals surface area contributed by atoms with Gasteiger partial charge in [-0.15, -0.1) is 24.0 Å². The first kappa shape index (κ1) is 20.3. The molecule has 0 aliphatic heterocycles. The van der Waals surface area contributed by atoms with Gasteiger partial charge in [0.2, 0.25) is 0 Å². The Morgan fingerprint density at radius 1 is 1.29 bits per heavy atom. The Hall–Kier alpha value is -1.77. The Balaban J connectivity index is 0.00000288. The number of pyridine rings is 1. The molecule has 2 aromatic rings. The molecule has 0 saturated carbocycles. The largest absolute Gasteiger partial charge is 0.469 e. The highest BCUT2D eigenvalue weighted by molar-refractivity contribution is 14.0. The van der Waals surface area contributed by atoms with Crippen molar-refractivity contribution in [2.45, 2.75) is 19.9 Å². The number of guanidine groups is 1. The number of nitrogens with one attached hydrogen (secondary N) is 2. The second kappa shape index (κ2) is 10.9. The van der Waals surface area contributed by atoms with Crippen LogP contribution in [0.3, 0.4) is 0 Å². The van der Waals surface area contributed by atoms with Gasteiger partial charge in [-0.05, 0) is 36.8 Å². The summed E-state index contributed by atoms with van der Waals surface area (Å²) in [5.41, 5.74) is 1.13. The summed E-state index contributed by atoms with van der Waals surface area (Å²) in [5.74, 6) is 2.72. The van der Waals surface area contributed by atoms with E-state index in [4.69, 9.17) is 4.42 Å². The molecule has 2 heterocycles. The molecule has 132 valence electrons. The summed E-state index contributed by atoms with van der Waals surface area (Å²) in [5, 5.41) is 6.57. The van der Waals surface area contributed by atoms with Gasteiger partial charge in [-0.1, -0.05) is 0 Å². The molecule has 0 atom stereocenters. The van der Waals surface area contributed by atoms with Crippen LogP contribution in [0.4, 0.5) is 5.82 Å². The summed E-state index contributed by atoms with van der Waals surface area (Å²) < 4.78 is 5.33. The van der Waals surface area contributed by atoms with E-state index in [9.17, 15) is 0 Å². The maximum absolute atomic E-state index is 5.33. The molecular weight excluding hydrogens is 417 g/mol. The van der Waals surface area contributed by atoms with Crippen molar-refractivity contribution in [3.05, 3.63) is 48.0 Å². The molecule has 6 nitrogen and oxygen atoms in total. The summed E-state index contributed by atoms with van der Waals surface area (Å²) in [6, 6.07) is 7.92. The lowest BCUT2D eigenvalue weighted by Crippen LogP contribution is -2.38. The van der Waals surface area contributed by atoms with Gasteiger partial charge in [-0.3, -0.25) is 0 Å². The minimum Gasteiger partial charge on any atom is -0.469 e. The Labute approximate surface area is 160 Å². The summed E-state index contributed by atoms with van der Waals surface area (Å²) in [7, 11) is 3.96. The van der Waals surface area contributed by atoms with Crippen LogP contribution in [0.2, 0.25) is 0 Å². The summed E-state index contributed by atoms with van der Waals surface area (Å²) >= 11 is 0. The molecule has 0 spiro atoms. The normalized spacial score (nSPS) is 10.9. The second-order valence-corrected chi connectivity index (χ2v) is 5.37. The highest BCUT2D eigenvalue weighted by Gasteiger charge is 2.01. The van der Waals surface area contributed by atoms with E-state index in [0.717, 1.165) is 42.6 Å². The average Bonchev–Trinajstić information content (AvgIpc) is 3.06. The fourth-order valence-electron chi connectivity index (χ4n) is 2.07. The number of hydrogen-bond donors (Lipinski definition) is 2. The molecule has 0 saturated heterocycles. The van der Waals surface area contributed by atoms with Crippen LogP contribution in [0, 0.1) is 0 Å². The number of halogens is 1. The zero-order valence-corrected chi connectivity index (χ0v) is 16.8. The summed E-state index contributed by atoms with van der Waals surface area (Å²) in [6.45, 7) is 4.27. The quantitative estimate of drug-likeness (QED) is 0.392. The van der Waals surface area contributed by atoms with E-state index in [1.165, 1.54) is 0 Å². The molecule has 0 aliphatic carbocycles. The van der Waals surface area contributed by atoms with Crippen molar-refractivity contribution in [1.82, 2.24) is 15.6 Å². The first-order valence-electron chi connectivity index (χ1n) is 7.86. The number of furan rings is 1. The van der Waals surface area contributed by atoms with Crippen LogP contribution in [0.15, 0.2) is 46.1 Å². The monoisotopic (exact) mass is 443 g/mol. The molecule has 24 heavy (non-hydrogen) atoms. The molecule has 2 N–H and O–H groups in total. The van der Waals surface area contributed by atoms with Crippen LogP contribution in [0.25, 0.3) is 0 Å². The van der Waals surface area contributed by atoms with Crippen molar-refractivity contribution in [3.8, 4) is 0 Å². The third-order valence-corrected chi connectivity index (χ3v) is 3.28. The summed E-state index contributed by atoms with van der Waals surface area (Å²) in [6.07, 6.45) is 4.34. The van der Waals surface area contributed by atoms with E-state index >= 15 is 0 Å². The minimum absolute atomic E-state index is 0. The Morgan fingerprint density at radius 2 is 2.12 bits per heavy atom. The van der Waals surface area contributed by atoms with Gasteiger partial charge < -0.3 is 20.0 Å². The molecule has 0 radical (unpaired) electrons. The SMILES string of the molecule is CCNC(=NCc1ccnc(N(C)C)c1)NCCc1ccco1.I. The molecule has 2 aromatic heterocycles. The van der Waals surface area contributed by atoms with Gasteiger partial charge in [0.25, 0.3) is 0 Å². The fourth-order valence-corrected chi connectivity index (χ4v) is 2.07. The highest BCUT2D eigenvalue weighted by Crippen LogP contribution is 2.10. The van der Waals surface area contributed by atoms with Gasteiger partial charge in [0.1, 0.15) is 11.6 Å². The molecule has 0 aliphatic rings. The van der Waals surface area contributed by atoms with Crippen molar-refractivity contribution in [3.63, 3.8) is 0 Å². The molecular formula is C17H26IN5O. The van der Waals surface area contributed by atoms with Crippen LogP contribution in [-0.4, -0.2) is 38.1 Å². The zero-order chi connectivity index (χ0) is 16.5. The molecule has 7 heteroatoms. The first-order valence-corrected chi connectivity index (χ1v) is 7.86. The summed E-state index contributed by atoms with van der Waals surface area (Å²) in [4.78, 5) is 10.9. The molecule has 0 bridgehead atoms. The van der Waals surface area contributed by atoms with Crippen molar-refractivity contribution < 1.29 is 4.42 Å². The number of nitrogens with zero attached hydrogens (tertiary/aromatic N) is 3. The topological polar surface area (TPSA) is 65.7 Å². The van der Waals surface area contributed by atoms with Crippen LogP contribution in [0.1, 0.15) is 18.2 Å². The van der Waals surface area contributed by atoms with E-state index in [2.05, 4.69) is 33.6 Å². The maximum atomic E-state index is 5.33. The number of aromatic nitrogens is 1. The molecule has 0 aromatic carbocycles. The lowest BCUT2D eigenvalue weighted by molar-refractivity contribution is 0.507. The average molecular weight is 443 g/mol. The predicted molar refractivity (Wildman–Crippen MR) is 109 cm³/mol.